The van der Waals surface area contributed by atoms with Crippen LogP contribution in [0.1, 0.15) is 24.2 Å². The minimum Gasteiger partial charge on any atom is -0.496 e. The molecule has 0 aromatic heterocycles. The van der Waals surface area contributed by atoms with Gasteiger partial charge in [-0.05, 0) is 30.7 Å². The zero-order valence-electron chi connectivity index (χ0n) is 11.2. The number of aliphatic hydroxyl groups excluding tert-OH is 1. The van der Waals surface area contributed by atoms with Crippen LogP contribution in [0.15, 0.2) is 48.5 Å². The Balaban J connectivity index is 2.25. The Morgan fingerprint density at radius 2 is 1.74 bits per heavy atom. The summed E-state index contributed by atoms with van der Waals surface area (Å²) in [7, 11) is 1.60. The molecule has 0 aliphatic carbocycles. The van der Waals surface area contributed by atoms with Gasteiger partial charge in [0.05, 0.1) is 13.7 Å². The Kier molecular flexibility index (Phi) is 4.42. The van der Waals surface area contributed by atoms with Crippen LogP contribution in [0.3, 0.4) is 0 Å². The Morgan fingerprint density at radius 1 is 1.05 bits per heavy atom. The van der Waals surface area contributed by atoms with Crippen molar-refractivity contribution in [2.45, 2.75) is 13.0 Å². The molecule has 0 amide bonds. The summed E-state index contributed by atoms with van der Waals surface area (Å²) in [6.07, 6.45) is -0.702. The SMILES string of the molecule is CCOc1ccc(C(O)c2ccccc2OC)cc1. The fourth-order valence-electron chi connectivity index (χ4n) is 1.98. The quantitative estimate of drug-likeness (QED) is 0.895. The van der Waals surface area contributed by atoms with Crippen molar-refractivity contribution >= 4 is 0 Å². The second kappa shape index (κ2) is 6.25. The molecule has 0 bridgehead atoms. The third kappa shape index (κ3) is 3.06. The van der Waals surface area contributed by atoms with Crippen LogP contribution >= 0.6 is 0 Å². The molecule has 2 aromatic rings. The molecule has 2 rings (SSSR count). The van der Waals surface area contributed by atoms with Crippen LogP contribution in [0.2, 0.25) is 0 Å². The third-order valence-electron chi connectivity index (χ3n) is 2.94. The van der Waals surface area contributed by atoms with Crippen molar-refractivity contribution < 1.29 is 14.6 Å². The molecule has 0 aliphatic heterocycles. The Labute approximate surface area is 113 Å². The summed E-state index contributed by atoms with van der Waals surface area (Å²) in [5.74, 6) is 1.49. The summed E-state index contributed by atoms with van der Waals surface area (Å²) in [5.41, 5.74) is 1.57. The van der Waals surface area contributed by atoms with Gasteiger partial charge in [0.1, 0.15) is 17.6 Å². The number of methoxy groups -OCH3 is 1. The van der Waals surface area contributed by atoms with Gasteiger partial charge in [-0.1, -0.05) is 30.3 Å². The maximum atomic E-state index is 10.4. The van der Waals surface area contributed by atoms with Crippen LogP contribution in [0, 0.1) is 0 Å². The van der Waals surface area contributed by atoms with Crippen LogP contribution in [0.25, 0.3) is 0 Å². The van der Waals surface area contributed by atoms with Crippen LogP contribution in [0.4, 0.5) is 0 Å². The van der Waals surface area contributed by atoms with E-state index in [1.165, 1.54) is 0 Å². The fourth-order valence-corrected chi connectivity index (χ4v) is 1.98. The van der Waals surface area contributed by atoms with Crippen LogP contribution in [-0.4, -0.2) is 18.8 Å². The van der Waals surface area contributed by atoms with E-state index in [1.54, 1.807) is 7.11 Å². The highest BCUT2D eigenvalue weighted by molar-refractivity contribution is 5.41. The molecule has 0 saturated carbocycles. The summed E-state index contributed by atoms with van der Waals surface area (Å²) >= 11 is 0. The molecule has 0 spiro atoms. The molecular formula is C16H18O3. The van der Waals surface area contributed by atoms with Gasteiger partial charge < -0.3 is 14.6 Å². The molecule has 1 N–H and O–H groups in total. The fraction of sp³-hybridized carbons (Fsp3) is 0.250. The van der Waals surface area contributed by atoms with E-state index in [-0.39, 0.29) is 0 Å². The van der Waals surface area contributed by atoms with Crippen LogP contribution in [-0.2, 0) is 0 Å². The number of para-hydroxylation sites is 1. The highest BCUT2D eigenvalue weighted by atomic mass is 16.5. The van der Waals surface area contributed by atoms with Crippen molar-refractivity contribution in [2.24, 2.45) is 0 Å². The molecule has 2 aromatic carbocycles. The van der Waals surface area contributed by atoms with Crippen molar-refractivity contribution in [3.8, 4) is 11.5 Å². The van der Waals surface area contributed by atoms with E-state index in [4.69, 9.17) is 9.47 Å². The van der Waals surface area contributed by atoms with E-state index in [0.29, 0.717) is 12.4 Å². The van der Waals surface area contributed by atoms with E-state index < -0.39 is 6.10 Å². The first-order valence-electron chi connectivity index (χ1n) is 6.30. The first-order chi connectivity index (χ1) is 9.26. The number of ether oxygens (including phenoxy) is 2. The van der Waals surface area contributed by atoms with Gasteiger partial charge in [0.15, 0.2) is 0 Å². The summed E-state index contributed by atoms with van der Waals surface area (Å²) in [4.78, 5) is 0. The Hall–Kier alpha value is -2.00. The predicted octanol–water partition coefficient (Wildman–Crippen LogP) is 3.18. The number of hydrogen-bond acceptors (Lipinski definition) is 3. The minimum absolute atomic E-state index is 0.633. The van der Waals surface area contributed by atoms with Crippen molar-refractivity contribution in [1.29, 1.82) is 0 Å². The number of aliphatic hydroxyl groups is 1. The molecular weight excluding hydrogens is 240 g/mol. The van der Waals surface area contributed by atoms with Gasteiger partial charge in [-0.2, -0.15) is 0 Å². The van der Waals surface area contributed by atoms with Crippen molar-refractivity contribution in [2.75, 3.05) is 13.7 Å². The second-order valence-corrected chi connectivity index (χ2v) is 4.15. The Morgan fingerprint density at radius 3 is 2.37 bits per heavy atom. The summed E-state index contributed by atoms with van der Waals surface area (Å²) in [5, 5.41) is 10.4. The number of rotatable bonds is 5. The van der Waals surface area contributed by atoms with Crippen LogP contribution < -0.4 is 9.47 Å². The predicted molar refractivity (Wildman–Crippen MR) is 74.7 cm³/mol. The van der Waals surface area contributed by atoms with Gasteiger partial charge in [0.25, 0.3) is 0 Å². The molecule has 1 atom stereocenters. The van der Waals surface area contributed by atoms with Crippen LogP contribution in [0.5, 0.6) is 11.5 Å². The molecule has 0 aliphatic rings. The normalized spacial score (nSPS) is 11.9. The lowest BCUT2D eigenvalue weighted by atomic mass is 10.0. The lowest BCUT2D eigenvalue weighted by Crippen LogP contribution is -2.02. The zero-order valence-corrected chi connectivity index (χ0v) is 11.2. The molecule has 0 radical (unpaired) electrons. The van der Waals surface area contributed by atoms with Gasteiger partial charge in [-0.15, -0.1) is 0 Å². The van der Waals surface area contributed by atoms with Crippen molar-refractivity contribution in [3.63, 3.8) is 0 Å². The first-order valence-corrected chi connectivity index (χ1v) is 6.30. The molecule has 0 fully saturated rings. The first kappa shape index (κ1) is 13.4. The lowest BCUT2D eigenvalue weighted by Gasteiger charge is -2.15. The van der Waals surface area contributed by atoms with E-state index in [0.717, 1.165) is 16.9 Å². The lowest BCUT2D eigenvalue weighted by molar-refractivity contribution is 0.214. The summed E-state index contributed by atoms with van der Waals surface area (Å²) < 4.78 is 10.7. The van der Waals surface area contributed by atoms with Crippen molar-refractivity contribution in [3.05, 3.63) is 59.7 Å². The standard InChI is InChI=1S/C16H18O3/c1-3-19-13-10-8-12(9-11-13)16(17)14-6-4-5-7-15(14)18-2/h4-11,16-17H,3H2,1-2H3. The van der Waals surface area contributed by atoms with E-state index in [9.17, 15) is 5.11 Å². The molecule has 19 heavy (non-hydrogen) atoms. The average Bonchev–Trinajstić information content (AvgIpc) is 2.47. The van der Waals surface area contributed by atoms with Gasteiger partial charge in [0, 0.05) is 5.56 Å². The molecule has 0 heterocycles. The van der Waals surface area contributed by atoms with Crippen molar-refractivity contribution in [1.82, 2.24) is 0 Å². The largest absolute Gasteiger partial charge is 0.496 e. The smallest absolute Gasteiger partial charge is 0.125 e. The van der Waals surface area contributed by atoms with E-state index in [1.807, 2.05) is 55.5 Å². The number of hydrogen-bond donors (Lipinski definition) is 1. The summed E-state index contributed by atoms with van der Waals surface area (Å²) in [6, 6.07) is 14.9. The molecule has 0 saturated heterocycles. The number of benzene rings is 2. The topological polar surface area (TPSA) is 38.7 Å². The maximum Gasteiger partial charge on any atom is 0.125 e. The van der Waals surface area contributed by atoms with E-state index >= 15 is 0 Å². The monoisotopic (exact) mass is 258 g/mol. The molecule has 3 nitrogen and oxygen atoms in total. The maximum absolute atomic E-state index is 10.4. The summed E-state index contributed by atoms with van der Waals surface area (Å²) in [6.45, 7) is 2.58. The minimum atomic E-state index is -0.702. The third-order valence-corrected chi connectivity index (χ3v) is 2.94. The second-order valence-electron chi connectivity index (χ2n) is 4.15. The highest BCUT2D eigenvalue weighted by Crippen LogP contribution is 2.30. The molecule has 1 unspecified atom stereocenters. The molecule has 3 heteroatoms. The van der Waals surface area contributed by atoms with Gasteiger partial charge in [0.2, 0.25) is 0 Å². The zero-order chi connectivity index (χ0) is 13.7. The van der Waals surface area contributed by atoms with E-state index in [2.05, 4.69) is 0 Å². The highest BCUT2D eigenvalue weighted by Gasteiger charge is 2.14. The Bertz CT molecular complexity index is 520. The van der Waals surface area contributed by atoms with Gasteiger partial charge in [-0.3, -0.25) is 0 Å². The van der Waals surface area contributed by atoms with Gasteiger partial charge in [-0.25, -0.2) is 0 Å². The average molecular weight is 258 g/mol. The van der Waals surface area contributed by atoms with Gasteiger partial charge >= 0.3 is 0 Å². The molecule has 100 valence electrons.